The molecular formula is C20H22N2O4. The van der Waals surface area contributed by atoms with Gasteiger partial charge < -0.3 is 9.15 Å². The van der Waals surface area contributed by atoms with E-state index in [4.69, 9.17) is 9.15 Å². The van der Waals surface area contributed by atoms with Gasteiger partial charge in [-0.3, -0.25) is 14.2 Å². The summed E-state index contributed by atoms with van der Waals surface area (Å²) in [6.45, 7) is 0.780. The molecule has 2 aromatic heterocycles. The Labute approximate surface area is 150 Å². The smallest absolute Gasteiger partial charge is 0.268 e. The average molecular weight is 354 g/mol. The Kier molecular flexibility index (Phi) is 4.59. The van der Waals surface area contributed by atoms with E-state index in [-0.39, 0.29) is 28.0 Å². The predicted octanol–water partition coefficient (Wildman–Crippen LogP) is 3.20. The Bertz CT molecular complexity index is 1060. The van der Waals surface area contributed by atoms with Gasteiger partial charge in [0.2, 0.25) is 11.1 Å². The summed E-state index contributed by atoms with van der Waals surface area (Å²) in [5.74, 6) is 0.937. The number of benzene rings is 1. The Morgan fingerprint density at radius 1 is 1.19 bits per heavy atom. The van der Waals surface area contributed by atoms with Crippen LogP contribution in [-0.2, 0) is 11.3 Å². The third kappa shape index (κ3) is 2.84. The van der Waals surface area contributed by atoms with Crippen LogP contribution in [0.3, 0.4) is 0 Å². The standard InChI is InChI=1S/C20H22N2O4/c1-25-12-11-22-18(13-7-3-2-4-8-13)21-19-16(20(22)24)17(23)14-9-5-6-10-15(14)26-19/h5-6,9-10,13H,2-4,7-8,11-12H2,1H3. The van der Waals surface area contributed by atoms with Gasteiger partial charge in [0.15, 0.2) is 5.39 Å². The second-order valence-corrected chi connectivity index (χ2v) is 6.86. The van der Waals surface area contributed by atoms with Gasteiger partial charge in [0.1, 0.15) is 11.4 Å². The van der Waals surface area contributed by atoms with Crippen LogP contribution in [0.2, 0.25) is 0 Å². The highest BCUT2D eigenvalue weighted by atomic mass is 16.5. The van der Waals surface area contributed by atoms with Crippen molar-refractivity contribution < 1.29 is 9.15 Å². The molecule has 2 heterocycles. The largest absolute Gasteiger partial charge is 0.437 e. The molecule has 136 valence electrons. The van der Waals surface area contributed by atoms with E-state index in [0.29, 0.717) is 24.1 Å². The zero-order valence-electron chi connectivity index (χ0n) is 14.9. The number of ether oxygens (including phenoxy) is 1. The molecule has 0 bridgehead atoms. The van der Waals surface area contributed by atoms with E-state index >= 15 is 0 Å². The van der Waals surface area contributed by atoms with Crippen molar-refractivity contribution in [3.63, 3.8) is 0 Å². The van der Waals surface area contributed by atoms with E-state index in [1.54, 1.807) is 35.9 Å². The van der Waals surface area contributed by atoms with Crippen molar-refractivity contribution in [2.45, 2.75) is 44.6 Å². The number of para-hydroxylation sites is 1. The fourth-order valence-corrected chi connectivity index (χ4v) is 3.87. The lowest BCUT2D eigenvalue weighted by Crippen LogP contribution is -2.32. The quantitative estimate of drug-likeness (QED) is 0.673. The zero-order valence-corrected chi connectivity index (χ0v) is 14.9. The summed E-state index contributed by atoms with van der Waals surface area (Å²) in [5.41, 5.74) is -0.0399. The predicted molar refractivity (Wildman–Crippen MR) is 99.7 cm³/mol. The van der Waals surface area contributed by atoms with Crippen LogP contribution in [0.25, 0.3) is 22.1 Å². The van der Waals surface area contributed by atoms with E-state index in [9.17, 15) is 9.59 Å². The summed E-state index contributed by atoms with van der Waals surface area (Å²) < 4.78 is 12.6. The first-order valence-electron chi connectivity index (χ1n) is 9.16. The van der Waals surface area contributed by atoms with Crippen LogP contribution in [0.4, 0.5) is 0 Å². The van der Waals surface area contributed by atoms with Crippen LogP contribution in [0.1, 0.15) is 43.8 Å². The maximum Gasteiger partial charge on any atom is 0.268 e. The first-order chi connectivity index (χ1) is 12.7. The SMILES string of the molecule is COCCn1c(C2CCCCC2)nc2oc3ccccc3c(=O)c2c1=O. The number of hydrogen-bond acceptors (Lipinski definition) is 5. The highest BCUT2D eigenvalue weighted by Gasteiger charge is 2.24. The maximum absolute atomic E-state index is 13.2. The van der Waals surface area contributed by atoms with Crippen molar-refractivity contribution in [1.82, 2.24) is 9.55 Å². The lowest BCUT2D eigenvalue weighted by atomic mass is 9.88. The molecule has 1 aliphatic rings. The fourth-order valence-electron chi connectivity index (χ4n) is 3.87. The monoisotopic (exact) mass is 354 g/mol. The maximum atomic E-state index is 13.2. The van der Waals surface area contributed by atoms with E-state index in [1.165, 1.54) is 6.42 Å². The topological polar surface area (TPSA) is 74.3 Å². The number of nitrogens with zero attached hydrogens (tertiary/aromatic N) is 2. The Morgan fingerprint density at radius 3 is 2.73 bits per heavy atom. The van der Waals surface area contributed by atoms with Crippen molar-refractivity contribution in [1.29, 1.82) is 0 Å². The van der Waals surface area contributed by atoms with Gasteiger partial charge >= 0.3 is 0 Å². The normalized spacial score (nSPS) is 15.7. The van der Waals surface area contributed by atoms with Crippen LogP contribution in [-0.4, -0.2) is 23.3 Å². The highest BCUT2D eigenvalue weighted by molar-refractivity contribution is 5.87. The zero-order chi connectivity index (χ0) is 18.1. The second kappa shape index (κ2) is 7.03. The molecule has 3 aromatic rings. The molecule has 0 N–H and O–H groups in total. The molecule has 1 saturated carbocycles. The molecule has 6 nitrogen and oxygen atoms in total. The number of rotatable bonds is 4. The lowest BCUT2D eigenvalue weighted by molar-refractivity contribution is 0.183. The molecule has 1 aliphatic carbocycles. The summed E-state index contributed by atoms with van der Waals surface area (Å²) >= 11 is 0. The van der Waals surface area contributed by atoms with Gasteiger partial charge in [-0.2, -0.15) is 4.98 Å². The molecule has 26 heavy (non-hydrogen) atoms. The minimum Gasteiger partial charge on any atom is -0.437 e. The van der Waals surface area contributed by atoms with Gasteiger partial charge in [0, 0.05) is 13.0 Å². The van der Waals surface area contributed by atoms with Gasteiger partial charge in [0.25, 0.3) is 5.56 Å². The van der Waals surface area contributed by atoms with Crippen molar-refractivity contribution in [2.75, 3.05) is 13.7 Å². The Hall–Kier alpha value is -2.47. The second-order valence-electron chi connectivity index (χ2n) is 6.86. The highest BCUT2D eigenvalue weighted by Crippen LogP contribution is 2.31. The average Bonchev–Trinajstić information content (AvgIpc) is 2.68. The summed E-state index contributed by atoms with van der Waals surface area (Å²) in [5, 5.41) is 0.432. The van der Waals surface area contributed by atoms with Gasteiger partial charge in [-0.25, -0.2) is 0 Å². The van der Waals surface area contributed by atoms with Crippen LogP contribution in [0, 0.1) is 0 Å². The van der Waals surface area contributed by atoms with Crippen LogP contribution in [0.15, 0.2) is 38.3 Å². The molecule has 1 aromatic carbocycles. The number of methoxy groups -OCH3 is 1. The van der Waals surface area contributed by atoms with Gasteiger partial charge in [-0.05, 0) is 25.0 Å². The third-order valence-corrected chi connectivity index (χ3v) is 5.22. The van der Waals surface area contributed by atoms with Gasteiger partial charge in [-0.1, -0.05) is 31.4 Å². The summed E-state index contributed by atoms with van der Waals surface area (Å²) in [6, 6.07) is 6.97. The van der Waals surface area contributed by atoms with E-state index in [0.717, 1.165) is 31.5 Å². The molecule has 6 heteroatoms. The van der Waals surface area contributed by atoms with Crippen LogP contribution < -0.4 is 11.0 Å². The molecule has 0 saturated heterocycles. The molecule has 0 spiro atoms. The third-order valence-electron chi connectivity index (χ3n) is 5.22. The summed E-state index contributed by atoms with van der Waals surface area (Å²) in [6.07, 6.45) is 5.48. The molecule has 0 radical (unpaired) electrons. The minimum absolute atomic E-state index is 0.0272. The molecule has 4 rings (SSSR count). The summed E-state index contributed by atoms with van der Waals surface area (Å²) in [7, 11) is 1.60. The van der Waals surface area contributed by atoms with E-state index < -0.39 is 0 Å². The van der Waals surface area contributed by atoms with Crippen molar-refractivity contribution in [2.24, 2.45) is 0 Å². The minimum atomic E-state index is -0.327. The van der Waals surface area contributed by atoms with Crippen molar-refractivity contribution in [3.8, 4) is 0 Å². The Morgan fingerprint density at radius 2 is 1.96 bits per heavy atom. The van der Waals surface area contributed by atoms with Gasteiger partial charge in [0.05, 0.1) is 18.5 Å². The lowest BCUT2D eigenvalue weighted by Gasteiger charge is -2.24. The van der Waals surface area contributed by atoms with E-state index in [1.807, 2.05) is 0 Å². The van der Waals surface area contributed by atoms with E-state index in [2.05, 4.69) is 4.98 Å². The Balaban J connectivity index is 2.01. The molecule has 0 aliphatic heterocycles. The van der Waals surface area contributed by atoms with Gasteiger partial charge in [-0.15, -0.1) is 0 Å². The van der Waals surface area contributed by atoms with Crippen LogP contribution >= 0.6 is 0 Å². The molecule has 0 unspecified atom stereocenters. The molecule has 0 atom stereocenters. The van der Waals surface area contributed by atoms with Crippen molar-refractivity contribution in [3.05, 3.63) is 50.7 Å². The summed E-state index contributed by atoms with van der Waals surface area (Å²) in [4.78, 5) is 30.7. The molecular weight excluding hydrogens is 332 g/mol. The number of aromatic nitrogens is 2. The number of fused-ring (bicyclic) bond motifs is 2. The number of hydrogen-bond donors (Lipinski definition) is 0. The first-order valence-corrected chi connectivity index (χ1v) is 9.16. The first kappa shape index (κ1) is 17.0. The molecule has 0 amide bonds. The molecule has 1 fully saturated rings. The van der Waals surface area contributed by atoms with Crippen LogP contribution in [0.5, 0.6) is 0 Å². The fraction of sp³-hybridized carbons (Fsp3) is 0.450. The van der Waals surface area contributed by atoms with Crippen molar-refractivity contribution >= 4 is 22.1 Å².